The van der Waals surface area contributed by atoms with Gasteiger partial charge in [-0.15, -0.1) is 0 Å². The number of hydrogen-bond donors (Lipinski definition) is 1. The maximum Gasteiger partial charge on any atom is 0.127 e. The Hall–Kier alpha value is -1.48. The number of benzene rings is 1. The first-order valence-corrected chi connectivity index (χ1v) is 6.38. The molecular formula is C15H21NO2. The van der Waals surface area contributed by atoms with Crippen molar-refractivity contribution in [2.24, 2.45) is 0 Å². The zero-order valence-electron chi connectivity index (χ0n) is 11.3. The van der Waals surface area contributed by atoms with Crippen molar-refractivity contribution in [2.75, 3.05) is 21.3 Å². The molecule has 1 aromatic rings. The molecule has 0 amide bonds. The Morgan fingerprint density at radius 1 is 1.22 bits per heavy atom. The van der Waals surface area contributed by atoms with E-state index in [2.05, 4.69) is 17.5 Å². The molecule has 0 aliphatic heterocycles. The summed E-state index contributed by atoms with van der Waals surface area (Å²) < 4.78 is 10.7. The summed E-state index contributed by atoms with van der Waals surface area (Å²) in [6.07, 6.45) is 5.95. The van der Waals surface area contributed by atoms with Crippen molar-refractivity contribution in [1.29, 1.82) is 0 Å². The minimum atomic E-state index is 0.244. The number of nitrogens with one attached hydrogen (secondary N) is 1. The van der Waals surface area contributed by atoms with Crippen LogP contribution in [-0.4, -0.2) is 21.3 Å². The first-order valence-electron chi connectivity index (χ1n) is 6.38. The molecule has 1 atom stereocenters. The third-order valence-corrected chi connectivity index (χ3v) is 3.49. The quantitative estimate of drug-likeness (QED) is 0.811. The van der Waals surface area contributed by atoms with Gasteiger partial charge in [0.05, 0.1) is 20.3 Å². The fraction of sp³-hybridized carbons (Fsp3) is 0.467. The van der Waals surface area contributed by atoms with E-state index in [0.717, 1.165) is 11.5 Å². The van der Waals surface area contributed by atoms with Crippen molar-refractivity contribution in [3.63, 3.8) is 0 Å². The average Bonchev–Trinajstić information content (AvgIpc) is 2.94. The highest BCUT2D eigenvalue weighted by molar-refractivity contribution is 5.45. The third kappa shape index (κ3) is 2.51. The van der Waals surface area contributed by atoms with Crippen LogP contribution in [-0.2, 0) is 0 Å². The van der Waals surface area contributed by atoms with Crippen LogP contribution in [0.25, 0.3) is 0 Å². The van der Waals surface area contributed by atoms with Crippen LogP contribution in [0, 0.1) is 0 Å². The van der Waals surface area contributed by atoms with Crippen LogP contribution in [0.3, 0.4) is 0 Å². The molecule has 0 saturated heterocycles. The summed E-state index contributed by atoms with van der Waals surface area (Å²) in [6, 6.07) is 6.25. The largest absolute Gasteiger partial charge is 0.497 e. The minimum Gasteiger partial charge on any atom is -0.497 e. The molecule has 1 unspecified atom stereocenters. The van der Waals surface area contributed by atoms with Gasteiger partial charge in [0.1, 0.15) is 11.5 Å². The first kappa shape index (κ1) is 13.0. The number of likely N-dealkylation sites (N-methyl/N-ethyl adjacent to an activating group) is 1. The van der Waals surface area contributed by atoms with Gasteiger partial charge in [-0.2, -0.15) is 0 Å². The van der Waals surface area contributed by atoms with E-state index >= 15 is 0 Å². The number of rotatable bonds is 5. The van der Waals surface area contributed by atoms with Crippen LogP contribution in [0.1, 0.15) is 30.9 Å². The van der Waals surface area contributed by atoms with E-state index in [-0.39, 0.29) is 6.04 Å². The van der Waals surface area contributed by atoms with Gasteiger partial charge in [0.2, 0.25) is 0 Å². The highest BCUT2D eigenvalue weighted by Crippen LogP contribution is 2.36. The molecule has 1 aliphatic rings. The van der Waals surface area contributed by atoms with Crippen LogP contribution >= 0.6 is 0 Å². The van der Waals surface area contributed by atoms with Gasteiger partial charge in [0, 0.05) is 11.6 Å². The maximum atomic E-state index is 5.48. The van der Waals surface area contributed by atoms with Gasteiger partial charge in [-0.3, -0.25) is 0 Å². The van der Waals surface area contributed by atoms with Crippen molar-refractivity contribution < 1.29 is 9.47 Å². The number of allylic oxidation sites excluding steroid dienone is 1. The summed E-state index contributed by atoms with van der Waals surface area (Å²) in [4.78, 5) is 0. The molecule has 1 aromatic carbocycles. The fourth-order valence-corrected chi connectivity index (χ4v) is 2.56. The van der Waals surface area contributed by atoms with Crippen LogP contribution in [0.5, 0.6) is 11.5 Å². The minimum absolute atomic E-state index is 0.244. The Kier molecular flexibility index (Phi) is 4.26. The van der Waals surface area contributed by atoms with Crippen molar-refractivity contribution in [3.05, 3.63) is 35.4 Å². The van der Waals surface area contributed by atoms with Gasteiger partial charge in [-0.25, -0.2) is 0 Å². The Labute approximate surface area is 109 Å². The second-order valence-electron chi connectivity index (χ2n) is 4.50. The Balaban J connectivity index is 2.35. The monoisotopic (exact) mass is 247 g/mol. The maximum absolute atomic E-state index is 5.48. The van der Waals surface area contributed by atoms with Crippen molar-refractivity contribution in [3.8, 4) is 11.5 Å². The average molecular weight is 247 g/mol. The molecular weight excluding hydrogens is 226 g/mol. The highest BCUT2D eigenvalue weighted by Gasteiger charge is 2.20. The second kappa shape index (κ2) is 5.91. The van der Waals surface area contributed by atoms with Crippen LogP contribution in [0.2, 0.25) is 0 Å². The number of ether oxygens (including phenoxy) is 2. The normalized spacial score (nSPS) is 16.3. The van der Waals surface area contributed by atoms with E-state index in [1.165, 1.54) is 30.4 Å². The van der Waals surface area contributed by atoms with Gasteiger partial charge in [0.15, 0.2) is 0 Å². The molecule has 3 nitrogen and oxygen atoms in total. The third-order valence-electron chi connectivity index (χ3n) is 3.49. The van der Waals surface area contributed by atoms with Crippen molar-refractivity contribution in [2.45, 2.75) is 25.3 Å². The Bertz CT molecular complexity index is 440. The number of methoxy groups -OCH3 is 2. The SMILES string of the molecule is CNC(C1=CCCC1)c1ccc(OC)cc1OC. The molecule has 0 radical (unpaired) electrons. The van der Waals surface area contributed by atoms with Gasteiger partial charge in [0.25, 0.3) is 0 Å². The van der Waals surface area contributed by atoms with Gasteiger partial charge < -0.3 is 14.8 Å². The first-order chi connectivity index (χ1) is 8.80. The van der Waals surface area contributed by atoms with E-state index in [0.29, 0.717) is 0 Å². The standard InChI is InChI=1S/C15H21NO2/c1-16-15(11-6-4-5-7-11)13-9-8-12(17-2)10-14(13)18-3/h6,8-10,15-16H,4-5,7H2,1-3H3. The smallest absolute Gasteiger partial charge is 0.127 e. The molecule has 0 bridgehead atoms. The molecule has 0 fully saturated rings. The molecule has 0 heterocycles. The zero-order valence-corrected chi connectivity index (χ0v) is 11.3. The summed E-state index contributed by atoms with van der Waals surface area (Å²) in [5.41, 5.74) is 2.63. The zero-order chi connectivity index (χ0) is 13.0. The molecule has 1 N–H and O–H groups in total. The summed E-state index contributed by atoms with van der Waals surface area (Å²) in [5.74, 6) is 1.70. The fourth-order valence-electron chi connectivity index (χ4n) is 2.56. The lowest BCUT2D eigenvalue weighted by atomic mass is 9.97. The highest BCUT2D eigenvalue weighted by atomic mass is 16.5. The molecule has 2 rings (SSSR count). The van der Waals surface area contributed by atoms with E-state index < -0.39 is 0 Å². The number of hydrogen-bond acceptors (Lipinski definition) is 3. The lowest BCUT2D eigenvalue weighted by molar-refractivity contribution is 0.388. The van der Waals surface area contributed by atoms with E-state index in [1.807, 2.05) is 19.2 Å². The Morgan fingerprint density at radius 2 is 2.06 bits per heavy atom. The molecule has 1 aliphatic carbocycles. The summed E-state index contributed by atoms with van der Waals surface area (Å²) in [6.45, 7) is 0. The molecule has 3 heteroatoms. The summed E-state index contributed by atoms with van der Waals surface area (Å²) in [5, 5.41) is 3.38. The predicted octanol–water partition coefficient (Wildman–Crippen LogP) is 3.07. The summed E-state index contributed by atoms with van der Waals surface area (Å²) >= 11 is 0. The van der Waals surface area contributed by atoms with Gasteiger partial charge in [-0.05, 0) is 38.4 Å². The van der Waals surface area contributed by atoms with Crippen molar-refractivity contribution >= 4 is 0 Å². The van der Waals surface area contributed by atoms with E-state index in [9.17, 15) is 0 Å². The second-order valence-corrected chi connectivity index (χ2v) is 4.50. The Morgan fingerprint density at radius 3 is 2.61 bits per heavy atom. The van der Waals surface area contributed by atoms with Crippen LogP contribution in [0.15, 0.2) is 29.8 Å². The molecule has 18 heavy (non-hydrogen) atoms. The van der Waals surface area contributed by atoms with Gasteiger partial charge in [-0.1, -0.05) is 11.6 Å². The molecule has 98 valence electrons. The van der Waals surface area contributed by atoms with E-state index in [4.69, 9.17) is 9.47 Å². The van der Waals surface area contributed by atoms with E-state index in [1.54, 1.807) is 14.2 Å². The molecule has 0 spiro atoms. The van der Waals surface area contributed by atoms with Gasteiger partial charge >= 0.3 is 0 Å². The van der Waals surface area contributed by atoms with Crippen molar-refractivity contribution in [1.82, 2.24) is 5.32 Å². The lowest BCUT2D eigenvalue weighted by Gasteiger charge is -2.21. The molecule has 0 saturated carbocycles. The topological polar surface area (TPSA) is 30.5 Å². The summed E-state index contributed by atoms with van der Waals surface area (Å²) in [7, 11) is 5.37. The molecule has 0 aromatic heterocycles. The van der Waals surface area contributed by atoms with Crippen LogP contribution < -0.4 is 14.8 Å². The lowest BCUT2D eigenvalue weighted by Crippen LogP contribution is -2.18. The predicted molar refractivity (Wildman–Crippen MR) is 73.3 cm³/mol. The van der Waals surface area contributed by atoms with Crippen LogP contribution in [0.4, 0.5) is 0 Å².